The summed E-state index contributed by atoms with van der Waals surface area (Å²) in [5, 5.41) is 4.07. The maximum atomic E-state index is 12.2. The number of hydrogen-bond acceptors (Lipinski definition) is 2. The summed E-state index contributed by atoms with van der Waals surface area (Å²) in [5.74, 6) is -0.251. The molecule has 0 spiro atoms. The molecule has 0 fully saturated rings. The zero-order valence-electron chi connectivity index (χ0n) is 10.9. The third-order valence-corrected chi connectivity index (χ3v) is 3.39. The van der Waals surface area contributed by atoms with E-state index in [1.54, 1.807) is 18.2 Å². The molecule has 2 rings (SSSR count). The molecule has 1 atom stereocenters. The van der Waals surface area contributed by atoms with Gasteiger partial charge in [-0.25, -0.2) is 0 Å². The lowest BCUT2D eigenvalue weighted by Gasteiger charge is -2.17. The largest absolute Gasteiger partial charge is 0.344 e. The van der Waals surface area contributed by atoms with Crippen LogP contribution in [0.5, 0.6) is 0 Å². The van der Waals surface area contributed by atoms with Crippen molar-refractivity contribution in [1.29, 1.82) is 0 Å². The zero-order chi connectivity index (χ0) is 14.5. The molecule has 0 aliphatic heterocycles. The number of carbonyl (C=O) groups is 1. The predicted octanol–water partition coefficient (Wildman–Crippen LogP) is 4.27. The Balaban J connectivity index is 2.16. The summed E-state index contributed by atoms with van der Waals surface area (Å²) in [4.78, 5) is 16.2. The van der Waals surface area contributed by atoms with Crippen molar-refractivity contribution in [2.24, 2.45) is 0 Å². The minimum atomic E-state index is -0.251. The van der Waals surface area contributed by atoms with Crippen molar-refractivity contribution < 1.29 is 4.79 Å². The molecule has 0 radical (unpaired) electrons. The molecule has 1 N–H and O–H groups in total. The van der Waals surface area contributed by atoms with Crippen LogP contribution in [-0.2, 0) is 0 Å². The van der Waals surface area contributed by atoms with Gasteiger partial charge in [0.2, 0.25) is 0 Å². The average molecular weight is 309 g/mol. The Labute approximate surface area is 127 Å². The Bertz CT molecular complexity index is 616. The van der Waals surface area contributed by atoms with Crippen molar-refractivity contribution in [2.45, 2.75) is 19.4 Å². The lowest BCUT2D eigenvalue weighted by molar-refractivity contribution is 0.0930. The smallest absolute Gasteiger partial charge is 0.270 e. The van der Waals surface area contributed by atoms with Crippen molar-refractivity contribution in [3.8, 4) is 0 Å². The Morgan fingerprint density at radius 1 is 1.25 bits per heavy atom. The Kier molecular flexibility index (Phi) is 4.99. The van der Waals surface area contributed by atoms with Gasteiger partial charge in [0.1, 0.15) is 5.69 Å². The number of pyridine rings is 1. The van der Waals surface area contributed by atoms with Gasteiger partial charge in [0, 0.05) is 16.2 Å². The maximum absolute atomic E-state index is 12.2. The minimum absolute atomic E-state index is 0.109. The van der Waals surface area contributed by atoms with Crippen LogP contribution in [0.3, 0.4) is 0 Å². The first kappa shape index (κ1) is 14.8. The van der Waals surface area contributed by atoms with E-state index < -0.39 is 0 Å². The van der Waals surface area contributed by atoms with Gasteiger partial charge in [0.15, 0.2) is 0 Å². The van der Waals surface area contributed by atoms with E-state index in [0.29, 0.717) is 15.7 Å². The standard InChI is InChI=1S/C15H14Cl2N2O/c1-2-13(10-4-3-5-11(16)8-10)19-15(20)14-9-12(17)6-7-18-14/h3-9,13H,2H2,1H3,(H,19,20). The van der Waals surface area contributed by atoms with Crippen LogP contribution >= 0.6 is 23.2 Å². The van der Waals surface area contributed by atoms with Gasteiger partial charge in [-0.3, -0.25) is 9.78 Å². The molecule has 1 aromatic heterocycles. The van der Waals surface area contributed by atoms with E-state index in [4.69, 9.17) is 23.2 Å². The van der Waals surface area contributed by atoms with Gasteiger partial charge in [0.25, 0.3) is 5.91 Å². The minimum Gasteiger partial charge on any atom is -0.344 e. The van der Waals surface area contributed by atoms with Crippen LogP contribution in [0.2, 0.25) is 10.0 Å². The van der Waals surface area contributed by atoms with Crippen LogP contribution in [0.4, 0.5) is 0 Å². The number of nitrogens with zero attached hydrogens (tertiary/aromatic N) is 1. The number of benzene rings is 1. The first-order chi connectivity index (χ1) is 9.60. The topological polar surface area (TPSA) is 42.0 Å². The molecular formula is C15H14Cl2N2O. The van der Waals surface area contributed by atoms with Crippen molar-refractivity contribution in [3.05, 3.63) is 63.9 Å². The number of rotatable bonds is 4. The van der Waals surface area contributed by atoms with E-state index in [9.17, 15) is 4.79 Å². The van der Waals surface area contributed by atoms with Crippen molar-refractivity contribution in [1.82, 2.24) is 10.3 Å². The SMILES string of the molecule is CCC(NC(=O)c1cc(Cl)ccn1)c1cccc(Cl)c1. The van der Waals surface area contributed by atoms with Gasteiger partial charge in [-0.05, 0) is 36.2 Å². The van der Waals surface area contributed by atoms with Gasteiger partial charge in [-0.2, -0.15) is 0 Å². The summed E-state index contributed by atoms with van der Waals surface area (Å²) >= 11 is 11.8. The normalized spacial score (nSPS) is 11.9. The summed E-state index contributed by atoms with van der Waals surface area (Å²) in [6.07, 6.45) is 2.27. The molecule has 1 heterocycles. The molecule has 3 nitrogen and oxygen atoms in total. The average Bonchev–Trinajstić information content (AvgIpc) is 2.44. The van der Waals surface area contributed by atoms with E-state index in [1.165, 1.54) is 6.20 Å². The molecule has 20 heavy (non-hydrogen) atoms. The maximum Gasteiger partial charge on any atom is 0.270 e. The van der Waals surface area contributed by atoms with Crippen LogP contribution in [-0.4, -0.2) is 10.9 Å². The number of halogens is 2. The van der Waals surface area contributed by atoms with Crippen LogP contribution in [0.15, 0.2) is 42.6 Å². The second kappa shape index (κ2) is 6.73. The fourth-order valence-corrected chi connectivity index (χ4v) is 2.26. The highest BCUT2D eigenvalue weighted by Crippen LogP contribution is 2.21. The zero-order valence-corrected chi connectivity index (χ0v) is 12.4. The Morgan fingerprint density at radius 2 is 2.00 bits per heavy atom. The van der Waals surface area contributed by atoms with Crippen LogP contribution in [0, 0.1) is 0 Å². The number of hydrogen-bond donors (Lipinski definition) is 1. The summed E-state index contributed by atoms with van der Waals surface area (Å²) in [6, 6.07) is 10.5. The number of nitrogens with one attached hydrogen (secondary N) is 1. The van der Waals surface area contributed by atoms with Gasteiger partial charge >= 0.3 is 0 Å². The summed E-state index contributed by atoms with van der Waals surface area (Å²) < 4.78 is 0. The second-order valence-corrected chi connectivity index (χ2v) is 5.22. The first-order valence-electron chi connectivity index (χ1n) is 6.28. The first-order valence-corrected chi connectivity index (χ1v) is 7.03. The van der Waals surface area contributed by atoms with E-state index in [-0.39, 0.29) is 11.9 Å². The highest BCUT2D eigenvalue weighted by molar-refractivity contribution is 6.31. The Morgan fingerprint density at radius 3 is 2.65 bits per heavy atom. The van der Waals surface area contributed by atoms with Crippen molar-refractivity contribution in [2.75, 3.05) is 0 Å². The number of aromatic nitrogens is 1. The fraction of sp³-hybridized carbons (Fsp3) is 0.200. The molecule has 0 saturated heterocycles. The van der Waals surface area contributed by atoms with Crippen molar-refractivity contribution >= 4 is 29.1 Å². The molecule has 0 aliphatic rings. The molecule has 1 aromatic carbocycles. The molecule has 0 saturated carbocycles. The van der Waals surface area contributed by atoms with E-state index in [1.807, 2.05) is 25.1 Å². The highest BCUT2D eigenvalue weighted by Gasteiger charge is 2.15. The van der Waals surface area contributed by atoms with Crippen LogP contribution in [0.25, 0.3) is 0 Å². The molecular weight excluding hydrogens is 295 g/mol. The third kappa shape index (κ3) is 3.71. The highest BCUT2D eigenvalue weighted by atomic mass is 35.5. The van der Waals surface area contributed by atoms with Crippen molar-refractivity contribution in [3.63, 3.8) is 0 Å². The fourth-order valence-electron chi connectivity index (χ4n) is 1.91. The Hall–Kier alpha value is -1.58. The lowest BCUT2D eigenvalue weighted by Crippen LogP contribution is -2.28. The summed E-state index contributed by atoms with van der Waals surface area (Å²) in [7, 11) is 0. The van der Waals surface area contributed by atoms with E-state index in [2.05, 4.69) is 10.3 Å². The molecule has 0 aliphatic carbocycles. The molecule has 5 heteroatoms. The molecule has 104 valence electrons. The number of carbonyl (C=O) groups excluding carboxylic acids is 1. The molecule has 1 amide bonds. The van der Waals surface area contributed by atoms with Crippen LogP contribution < -0.4 is 5.32 Å². The lowest BCUT2D eigenvalue weighted by atomic mass is 10.0. The van der Waals surface area contributed by atoms with Crippen LogP contribution in [0.1, 0.15) is 35.4 Å². The van der Waals surface area contributed by atoms with E-state index in [0.717, 1.165) is 12.0 Å². The third-order valence-electron chi connectivity index (χ3n) is 2.92. The second-order valence-electron chi connectivity index (χ2n) is 4.35. The monoisotopic (exact) mass is 308 g/mol. The van der Waals surface area contributed by atoms with Gasteiger partial charge in [-0.1, -0.05) is 42.3 Å². The number of amides is 1. The summed E-state index contributed by atoms with van der Waals surface area (Å²) in [5.41, 5.74) is 1.27. The molecule has 2 aromatic rings. The summed E-state index contributed by atoms with van der Waals surface area (Å²) in [6.45, 7) is 2.00. The van der Waals surface area contributed by atoms with Gasteiger partial charge < -0.3 is 5.32 Å². The quantitative estimate of drug-likeness (QED) is 0.916. The molecule has 1 unspecified atom stereocenters. The van der Waals surface area contributed by atoms with Gasteiger partial charge in [0.05, 0.1) is 6.04 Å². The predicted molar refractivity (Wildman–Crippen MR) is 81.2 cm³/mol. The van der Waals surface area contributed by atoms with E-state index >= 15 is 0 Å². The van der Waals surface area contributed by atoms with Gasteiger partial charge in [-0.15, -0.1) is 0 Å². The molecule has 0 bridgehead atoms.